The molecule has 156 valence electrons. The first-order chi connectivity index (χ1) is 13.9. The molecule has 29 heavy (non-hydrogen) atoms. The lowest BCUT2D eigenvalue weighted by atomic mass is 10.2. The van der Waals surface area contributed by atoms with Crippen LogP contribution < -0.4 is 14.4 Å². The maximum absolute atomic E-state index is 12.7. The van der Waals surface area contributed by atoms with Gasteiger partial charge < -0.3 is 19.3 Å². The summed E-state index contributed by atoms with van der Waals surface area (Å²) in [6.45, 7) is 7.19. The van der Waals surface area contributed by atoms with Gasteiger partial charge in [-0.25, -0.2) is 0 Å². The second kappa shape index (κ2) is 11.1. The molecule has 0 aliphatic rings. The number of carbonyl (C=O) groups excluding carboxylic acids is 2. The van der Waals surface area contributed by atoms with Gasteiger partial charge in [0.25, 0.3) is 0 Å². The molecular formula is C23H30N2O4. The van der Waals surface area contributed by atoms with E-state index >= 15 is 0 Å². The van der Waals surface area contributed by atoms with Crippen molar-refractivity contribution in [3.63, 3.8) is 0 Å². The summed E-state index contributed by atoms with van der Waals surface area (Å²) in [6.07, 6.45) is 0.268. The Bertz CT molecular complexity index is 805. The van der Waals surface area contributed by atoms with Crippen LogP contribution in [0.3, 0.4) is 0 Å². The molecule has 0 saturated carbocycles. The zero-order valence-corrected chi connectivity index (χ0v) is 17.7. The minimum absolute atomic E-state index is 0.000391. The summed E-state index contributed by atoms with van der Waals surface area (Å²) in [7, 11) is 1.61. The quantitative estimate of drug-likeness (QED) is 0.613. The molecule has 0 aliphatic heterocycles. The van der Waals surface area contributed by atoms with E-state index in [1.54, 1.807) is 16.9 Å². The van der Waals surface area contributed by atoms with E-state index in [-0.39, 0.29) is 18.2 Å². The Morgan fingerprint density at radius 2 is 1.69 bits per heavy atom. The first-order valence-electron chi connectivity index (χ1n) is 9.84. The Hall–Kier alpha value is -3.02. The van der Waals surface area contributed by atoms with Crippen molar-refractivity contribution in [2.75, 3.05) is 38.3 Å². The Labute approximate surface area is 173 Å². The molecule has 0 N–H and O–H groups in total. The predicted molar refractivity (Wildman–Crippen MR) is 115 cm³/mol. The van der Waals surface area contributed by atoms with Gasteiger partial charge in [0.15, 0.2) is 0 Å². The molecule has 2 aromatic carbocycles. The van der Waals surface area contributed by atoms with Crippen LogP contribution in [0.5, 0.6) is 11.5 Å². The fourth-order valence-electron chi connectivity index (χ4n) is 3.04. The number of nitrogens with zero attached hydrogens (tertiary/aromatic N) is 2. The van der Waals surface area contributed by atoms with Crippen LogP contribution in [0.15, 0.2) is 48.5 Å². The number of aryl methyl sites for hydroxylation is 1. The molecular weight excluding hydrogens is 368 g/mol. The van der Waals surface area contributed by atoms with Crippen molar-refractivity contribution in [1.29, 1.82) is 0 Å². The smallest absolute Gasteiger partial charge is 0.228 e. The van der Waals surface area contributed by atoms with Crippen molar-refractivity contribution in [2.45, 2.75) is 27.2 Å². The van der Waals surface area contributed by atoms with E-state index in [9.17, 15) is 9.59 Å². The monoisotopic (exact) mass is 398 g/mol. The van der Waals surface area contributed by atoms with Crippen LogP contribution in [0, 0.1) is 6.92 Å². The van der Waals surface area contributed by atoms with Crippen molar-refractivity contribution >= 4 is 17.5 Å². The maximum atomic E-state index is 12.7. The Morgan fingerprint density at radius 3 is 2.28 bits per heavy atom. The fourth-order valence-corrected chi connectivity index (χ4v) is 3.04. The van der Waals surface area contributed by atoms with Gasteiger partial charge >= 0.3 is 0 Å². The van der Waals surface area contributed by atoms with E-state index in [1.807, 2.05) is 62.4 Å². The van der Waals surface area contributed by atoms with Crippen LogP contribution >= 0.6 is 0 Å². The summed E-state index contributed by atoms with van der Waals surface area (Å²) >= 11 is 0. The molecule has 2 aromatic rings. The van der Waals surface area contributed by atoms with E-state index in [2.05, 4.69) is 0 Å². The minimum Gasteiger partial charge on any atom is -0.497 e. The SMILES string of the molecule is CCN(C(=O)CCN(CCOc1ccc(OC)cc1)C(C)=O)c1cccc(C)c1. The second-order valence-corrected chi connectivity index (χ2v) is 6.76. The number of anilines is 1. The highest BCUT2D eigenvalue weighted by Gasteiger charge is 2.17. The highest BCUT2D eigenvalue weighted by molar-refractivity contribution is 5.93. The van der Waals surface area contributed by atoms with Crippen molar-refractivity contribution in [3.8, 4) is 11.5 Å². The van der Waals surface area contributed by atoms with Crippen molar-refractivity contribution in [2.24, 2.45) is 0 Å². The van der Waals surface area contributed by atoms with Crippen molar-refractivity contribution in [1.82, 2.24) is 4.90 Å². The summed E-state index contributed by atoms with van der Waals surface area (Å²) in [5.74, 6) is 1.40. The zero-order chi connectivity index (χ0) is 21.2. The molecule has 2 amide bonds. The number of methoxy groups -OCH3 is 1. The Morgan fingerprint density at radius 1 is 1.00 bits per heavy atom. The molecule has 2 rings (SSSR count). The molecule has 0 radical (unpaired) electrons. The number of hydrogen-bond acceptors (Lipinski definition) is 4. The van der Waals surface area contributed by atoms with Crippen LogP contribution in [0.25, 0.3) is 0 Å². The first kappa shape index (κ1) is 22.3. The van der Waals surface area contributed by atoms with Gasteiger partial charge in [-0.15, -0.1) is 0 Å². The lowest BCUT2D eigenvalue weighted by Gasteiger charge is -2.25. The van der Waals surface area contributed by atoms with Gasteiger partial charge in [-0.3, -0.25) is 9.59 Å². The third kappa shape index (κ3) is 6.82. The molecule has 0 heterocycles. The van der Waals surface area contributed by atoms with E-state index in [1.165, 1.54) is 6.92 Å². The number of hydrogen-bond donors (Lipinski definition) is 0. The van der Waals surface area contributed by atoms with Crippen LogP contribution in [0.1, 0.15) is 25.8 Å². The van der Waals surface area contributed by atoms with E-state index in [4.69, 9.17) is 9.47 Å². The lowest BCUT2D eigenvalue weighted by Crippen LogP contribution is -2.38. The van der Waals surface area contributed by atoms with Gasteiger partial charge in [0.2, 0.25) is 11.8 Å². The molecule has 0 atom stereocenters. The van der Waals surface area contributed by atoms with Gasteiger partial charge in [-0.05, 0) is 55.8 Å². The van der Waals surface area contributed by atoms with Gasteiger partial charge in [0.05, 0.1) is 13.7 Å². The van der Waals surface area contributed by atoms with Gasteiger partial charge in [-0.1, -0.05) is 12.1 Å². The number of rotatable bonds is 10. The van der Waals surface area contributed by atoms with Crippen LogP contribution in [-0.4, -0.2) is 50.1 Å². The highest BCUT2D eigenvalue weighted by Crippen LogP contribution is 2.18. The topological polar surface area (TPSA) is 59.1 Å². The predicted octanol–water partition coefficient (Wildman–Crippen LogP) is 3.67. The summed E-state index contributed by atoms with van der Waals surface area (Å²) in [6, 6.07) is 15.2. The van der Waals surface area contributed by atoms with Gasteiger partial charge in [-0.2, -0.15) is 0 Å². The zero-order valence-electron chi connectivity index (χ0n) is 17.7. The third-order valence-corrected chi connectivity index (χ3v) is 4.66. The van der Waals surface area contributed by atoms with E-state index in [0.717, 1.165) is 17.0 Å². The molecule has 0 aliphatic carbocycles. The summed E-state index contributed by atoms with van der Waals surface area (Å²) < 4.78 is 10.8. The number of carbonyl (C=O) groups is 2. The summed E-state index contributed by atoms with van der Waals surface area (Å²) in [4.78, 5) is 28.1. The normalized spacial score (nSPS) is 10.3. The minimum atomic E-state index is -0.0743. The number of amides is 2. The molecule has 0 aromatic heterocycles. The third-order valence-electron chi connectivity index (χ3n) is 4.66. The summed E-state index contributed by atoms with van der Waals surface area (Å²) in [5.41, 5.74) is 1.99. The molecule has 0 saturated heterocycles. The Balaban J connectivity index is 1.87. The summed E-state index contributed by atoms with van der Waals surface area (Å²) in [5, 5.41) is 0. The number of ether oxygens (including phenoxy) is 2. The Kier molecular flexibility index (Phi) is 8.52. The van der Waals surface area contributed by atoms with Crippen LogP contribution in [-0.2, 0) is 9.59 Å². The molecule has 0 spiro atoms. The van der Waals surface area contributed by atoms with Crippen LogP contribution in [0.2, 0.25) is 0 Å². The highest BCUT2D eigenvalue weighted by atomic mass is 16.5. The standard InChI is InChI=1S/C23H30N2O4/c1-5-25(20-8-6-7-18(2)17-20)23(27)13-14-24(19(3)26)15-16-29-22-11-9-21(28-4)10-12-22/h6-12,17H,5,13-16H2,1-4H3. The molecule has 6 nitrogen and oxygen atoms in total. The maximum Gasteiger partial charge on any atom is 0.228 e. The molecule has 0 bridgehead atoms. The first-order valence-corrected chi connectivity index (χ1v) is 9.84. The second-order valence-electron chi connectivity index (χ2n) is 6.76. The molecule has 6 heteroatoms. The largest absolute Gasteiger partial charge is 0.497 e. The van der Waals surface area contributed by atoms with Crippen molar-refractivity contribution < 1.29 is 19.1 Å². The lowest BCUT2D eigenvalue weighted by molar-refractivity contribution is -0.129. The van der Waals surface area contributed by atoms with Gasteiger partial charge in [0.1, 0.15) is 18.1 Å². The van der Waals surface area contributed by atoms with E-state index in [0.29, 0.717) is 32.0 Å². The van der Waals surface area contributed by atoms with Crippen LogP contribution in [0.4, 0.5) is 5.69 Å². The fraction of sp³-hybridized carbons (Fsp3) is 0.391. The average molecular weight is 399 g/mol. The van der Waals surface area contributed by atoms with E-state index < -0.39 is 0 Å². The molecule has 0 fully saturated rings. The molecule has 0 unspecified atom stereocenters. The van der Waals surface area contributed by atoms with Crippen molar-refractivity contribution in [3.05, 3.63) is 54.1 Å². The van der Waals surface area contributed by atoms with Gasteiger partial charge in [0, 0.05) is 32.1 Å². The average Bonchev–Trinajstić information content (AvgIpc) is 2.71. The number of benzene rings is 2.